The third-order valence-corrected chi connectivity index (χ3v) is 5.10. The number of aromatic amines is 1. The molecule has 0 saturated heterocycles. The van der Waals surface area contributed by atoms with Crippen LogP contribution in [0.4, 0.5) is 10.1 Å². The maximum Gasteiger partial charge on any atom is 0.417 e. The minimum Gasteiger partial charge on any atom is -0.408 e. The first kappa shape index (κ1) is 17.8. The van der Waals surface area contributed by atoms with E-state index in [9.17, 15) is 22.4 Å². The molecule has 0 aliphatic heterocycles. The number of halogens is 1. The lowest BCUT2D eigenvalue weighted by Gasteiger charge is -2.14. The average Bonchev–Trinajstić information content (AvgIpc) is 2.95. The van der Waals surface area contributed by atoms with Gasteiger partial charge in [-0.15, -0.1) is 0 Å². The van der Waals surface area contributed by atoms with Gasteiger partial charge in [0.1, 0.15) is 5.82 Å². The van der Waals surface area contributed by atoms with Crippen LogP contribution in [0.5, 0.6) is 0 Å². The van der Waals surface area contributed by atoms with Gasteiger partial charge in [0.05, 0.1) is 22.1 Å². The molecule has 0 spiro atoms. The number of nitrogens with one attached hydrogen (secondary N) is 3. The Bertz CT molecular complexity index is 1140. The zero-order valence-electron chi connectivity index (χ0n) is 13.4. The van der Waals surface area contributed by atoms with Crippen LogP contribution in [0.2, 0.25) is 0 Å². The van der Waals surface area contributed by atoms with E-state index in [0.29, 0.717) is 5.52 Å². The standard InChI is InChI=1S/C16H14FN3O5S/c1-9(15(21)18-12-5-3-2-4-11(12)17)20-26(23,24)10-6-7-13-14(8-10)25-16(22)19-13/h2-9,20H,1H3,(H,18,21)(H,19,22). The Balaban J connectivity index is 1.77. The summed E-state index contributed by atoms with van der Waals surface area (Å²) in [5.41, 5.74) is 0.361. The van der Waals surface area contributed by atoms with E-state index >= 15 is 0 Å². The predicted octanol–water partition coefficient (Wildman–Crippen LogP) is 1.57. The maximum absolute atomic E-state index is 13.6. The van der Waals surface area contributed by atoms with Gasteiger partial charge in [-0.3, -0.25) is 9.78 Å². The van der Waals surface area contributed by atoms with E-state index in [-0.39, 0.29) is 16.2 Å². The first-order valence-electron chi connectivity index (χ1n) is 7.47. The predicted molar refractivity (Wildman–Crippen MR) is 91.6 cm³/mol. The first-order valence-corrected chi connectivity index (χ1v) is 8.95. The van der Waals surface area contributed by atoms with E-state index in [1.807, 2.05) is 0 Å². The maximum atomic E-state index is 13.6. The molecule has 1 aromatic heterocycles. The number of hydrogen-bond donors (Lipinski definition) is 3. The monoisotopic (exact) mass is 379 g/mol. The van der Waals surface area contributed by atoms with E-state index in [1.165, 1.54) is 43.3 Å². The van der Waals surface area contributed by atoms with Gasteiger partial charge in [0.15, 0.2) is 5.58 Å². The van der Waals surface area contributed by atoms with E-state index in [0.717, 1.165) is 6.07 Å². The quantitative estimate of drug-likeness (QED) is 0.621. The molecule has 2 aromatic carbocycles. The van der Waals surface area contributed by atoms with Crippen molar-refractivity contribution in [3.63, 3.8) is 0 Å². The summed E-state index contributed by atoms with van der Waals surface area (Å²) in [5.74, 6) is -2.07. The third kappa shape index (κ3) is 3.65. The van der Waals surface area contributed by atoms with Crippen LogP contribution in [0.15, 0.2) is 56.6 Å². The van der Waals surface area contributed by atoms with Gasteiger partial charge >= 0.3 is 5.76 Å². The van der Waals surface area contributed by atoms with E-state index in [1.54, 1.807) is 0 Å². The van der Waals surface area contributed by atoms with Crippen LogP contribution >= 0.6 is 0 Å². The molecule has 0 bridgehead atoms. The van der Waals surface area contributed by atoms with Crippen LogP contribution in [0.3, 0.4) is 0 Å². The van der Waals surface area contributed by atoms with Crippen molar-refractivity contribution >= 4 is 32.7 Å². The van der Waals surface area contributed by atoms with Crippen LogP contribution < -0.4 is 15.8 Å². The molecule has 136 valence electrons. The minimum atomic E-state index is -4.07. The highest BCUT2D eigenvalue weighted by molar-refractivity contribution is 7.89. The van der Waals surface area contributed by atoms with Gasteiger partial charge in [-0.2, -0.15) is 4.72 Å². The average molecular weight is 379 g/mol. The van der Waals surface area contributed by atoms with Crippen LogP contribution in [0.25, 0.3) is 11.1 Å². The normalized spacial score (nSPS) is 12.8. The number of sulfonamides is 1. The number of benzene rings is 2. The molecule has 1 heterocycles. The summed E-state index contributed by atoms with van der Waals surface area (Å²) in [4.78, 5) is 25.5. The van der Waals surface area contributed by atoms with Crippen LogP contribution in [-0.2, 0) is 14.8 Å². The van der Waals surface area contributed by atoms with Crippen LogP contribution in [-0.4, -0.2) is 25.4 Å². The Morgan fingerprint density at radius 1 is 1.23 bits per heavy atom. The Morgan fingerprint density at radius 2 is 1.96 bits per heavy atom. The summed E-state index contributed by atoms with van der Waals surface area (Å²) in [7, 11) is -4.07. The molecule has 8 nitrogen and oxygen atoms in total. The fourth-order valence-electron chi connectivity index (χ4n) is 2.25. The molecule has 26 heavy (non-hydrogen) atoms. The van der Waals surface area contributed by atoms with Crippen molar-refractivity contribution in [2.75, 3.05) is 5.32 Å². The number of carbonyl (C=O) groups excluding carboxylic acids is 1. The van der Waals surface area contributed by atoms with Crippen molar-refractivity contribution < 1.29 is 22.0 Å². The molecule has 0 aliphatic carbocycles. The Kier molecular flexibility index (Phi) is 4.62. The highest BCUT2D eigenvalue weighted by Gasteiger charge is 2.23. The smallest absolute Gasteiger partial charge is 0.408 e. The Hall–Kier alpha value is -2.98. The molecule has 0 fully saturated rings. The summed E-state index contributed by atoms with van der Waals surface area (Å²) in [5, 5.41) is 2.31. The van der Waals surface area contributed by atoms with Gasteiger partial charge in [0, 0.05) is 6.07 Å². The van der Waals surface area contributed by atoms with Crippen molar-refractivity contribution in [2.45, 2.75) is 17.9 Å². The lowest BCUT2D eigenvalue weighted by molar-refractivity contribution is -0.117. The Labute approximate surface area is 147 Å². The van der Waals surface area contributed by atoms with Crippen molar-refractivity contribution in [1.29, 1.82) is 0 Å². The second-order valence-electron chi connectivity index (χ2n) is 5.48. The van der Waals surface area contributed by atoms with Gasteiger partial charge in [-0.25, -0.2) is 17.6 Å². The second-order valence-corrected chi connectivity index (χ2v) is 7.20. The molecule has 1 atom stereocenters. The highest BCUT2D eigenvalue weighted by atomic mass is 32.2. The molecule has 3 rings (SSSR count). The molecular formula is C16H14FN3O5S. The van der Waals surface area contributed by atoms with E-state index in [4.69, 9.17) is 4.42 Å². The third-order valence-electron chi connectivity index (χ3n) is 3.56. The summed E-state index contributed by atoms with van der Waals surface area (Å²) >= 11 is 0. The lowest BCUT2D eigenvalue weighted by Crippen LogP contribution is -2.41. The minimum absolute atomic E-state index is 0.0564. The zero-order chi connectivity index (χ0) is 18.9. The molecule has 0 aliphatic rings. The number of oxazole rings is 1. The number of fused-ring (bicyclic) bond motifs is 1. The van der Waals surface area contributed by atoms with E-state index < -0.39 is 33.5 Å². The SMILES string of the molecule is CC(NS(=O)(=O)c1ccc2[nH]c(=O)oc2c1)C(=O)Nc1ccccc1F. The second kappa shape index (κ2) is 6.73. The number of H-pyrrole nitrogens is 1. The molecular weight excluding hydrogens is 365 g/mol. The van der Waals surface area contributed by atoms with Gasteiger partial charge in [-0.05, 0) is 31.2 Å². The van der Waals surface area contributed by atoms with Crippen LogP contribution in [0, 0.1) is 5.82 Å². The van der Waals surface area contributed by atoms with Crippen LogP contribution in [0.1, 0.15) is 6.92 Å². The van der Waals surface area contributed by atoms with Crippen molar-refractivity contribution in [3.8, 4) is 0 Å². The van der Waals surface area contributed by atoms with Gasteiger partial charge in [0.25, 0.3) is 0 Å². The van der Waals surface area contributed by atoms with Crippen molar-refractivity contribution in [2.24, 2.45) is 0 Å². The number of hydrogen-bond acceptors (Lipinski definition) is 5. The molecule has 1 unspecified atom stereocenters. The zero-order valence-corrected chi connectivity index (χ0v) is 14.3. The fraction of sp³-hybridized carbons (Fsp3) is 0.125. The summed E-state index contributed by atoms with van der Waals surface area (Å²) in [6.45, 7) is 1.32. The van der Waals surface area contributed by atoms with Gasteiger partial charge < -0.3 is 9.73 Å². The lowest BCUT2D eigenvalue weighted by atomic mass is 10.2. The molecule has 3 aromatic rings. The number of aromatic nitrogens is 1. The fourth-order valence-corrected chi connectivity index (χ4v) is 3.47. The number of amides is 1. The summed E-state index contributed by atoms with van der Waals surface area (Å²) in [6, 6.07) is 8.15. The molecule has 0 radical (unpaired) electrons. The number of anilines is 1. The number of para-hydroxylation sites is 1. The molecule has 0 saturated carbocycles. The van der Waals surface area contributed by atoms with Crippen molar-refractivity contribution in [3.05, 3.63) is 58.8 Å². The molecule has 1 amide bonds. The van der Waals surface area contributed by atoms with Crippen molar-refractivity contribution in [1.82, 2.24) is 9.71 Å². The largest absolute Gasteiger partial charge is 0.417 e. The summed E-state index contributed by atoms with van der Waals surface area (Å²) < 4.78 is 45.4. The number of carbonyl (C=O) groups is 1. The Morgan fingerprint density at radius 3 is 2.69 bits per heavy atom. The van der Waals surface area contributed by atoms with Gasteiger partial charge in [-0.1, -0.05) is 12.1 Å². The molecule has 3 N–H and O–H groups in total. The topological polar surface area (TPSA) is 121 Å². The van der Waals surface area contributed by atoms with E-state index in [2.05, 4.69) is 15.0 Å². The van der Waals surface area contributed by atoms with Gasteiger partial charge in [0.2, 0.25) is 15.9 Å². The summed E-state index contributed by atoms with van der Waals surface area (Å²) in [6.07, 6.45) is 0. The highest BCUT2D eigenvalue weighted by Crippen LogP contribution is 2.17. The molecule has 10 heteroatoms. The number of rotatable bonds is 5. The first-order chi connectivity index (χ1) is 12.3.